The van der Waals surface area contributed by atoms with Crippen LogP contribution >= 0.6 is 11.3 Å². The molecule has 0 N–H and O–H groups in total. The van der Waals surface area contributed by atoms with Gasteiger partial charge in [-0.2, -0.15) is 0 Å². The molecule has 0 unspecified atom stereocenters. The molecule has 3 aromatic rings. The van der Waals surface area contributed by atoms with Crippen LogP contribution in [0.1, 0.15) is 25.6 Å². The van der Waals surface area contributed by atoms with Gasteiger partial charge in [-0.1, -0.05) is 51.1 Å². The number of carbonyl (C=O) groups is 1. The maximum Gasteiger partial charge on any atom is 0.263 e. The SMILES string of the molecule is Cc1sc2ncn(CC(=O)C(C)(C)C)c(=O)c2c1-c1ccccc1. The van der Waals surface area contributed by atoms with E-state index in [9.17, 15) is 9.59 Å². The van der Waals surface area contributed by atoms with E-state index >= 15 is 0 Å². The Labute approximate surface area is 144 Å². The van der Waals surface area contributed by atoms with Crippen LogP contribution in [0.5, 0.6) is 0 Å². The first-order chi connectivity index (χ1) is 11.3. The van der Waals surface area contributed by atoms with E-state index in [2.05, 4.69) is 4.98 Å². The van der Waals surface area contributed by atoms with Gasteiger partial charge in [0.15, 0.2) is 5.78 Å². The second-order valence-electron chi connectivity index (χ2n) is 6.93. The van der Waals surface area contributed by atoms with Crippen molar-refractivity contribution in [3.05, 3.63) is 51.9 Å². The largest absolute Gasteiger partial charge is 0.297 e. The van der Waals surface area contributed by atoms with Crippen molar-refractivity contribution in [1.29, 1.82) is 0 Å². The highest BCUT2D eigenvalue weighted by atomic mass is 32.1. The molecule has 0 saturated heterocycles. The minimum atomic E-state index is -0.485. The predicted molar refractivity (Wildman–Crippen MR) is 98.5 cm³/mol. The zero-order valence-corrected chi connectivity index (χ0v) is 15.1. The average molecular weight is 340 g/mol. The Morgan fingerprint density at radius 1 is 1.21 bits per heavy atom. The number of thiophene rings is 1. The van der Waals surface area contributed by atoms with Crippen molar-refractivity contribution in [3.63, 3.8) is 0 Å². The molecule has 0 aliphatic heterocycles. The fourth-order valence-electron chi connectivity index (χ4n) is 2.59. The van der Waals surface area contributed by atoms with Crippen molar-refractivity contribution in [2.75, 3.05) is 0 Å². The lowest BCUT2D eigenvalue weighted by atomic mass is 9.91. The Hall–Kier alpha value is -2.27. The highest BCUT2D eigenvalue weighted by Gasteiger charge is 2.23. The topological polar surface area (TPSA) is 52.0 Å². The molecule has 0 radical (unpaired) electrons. The third-order valence-electron chi connectivity index (χ3n) is 4.07. The summed E-state index contributed by atoms with van der Waals surface area (Å²) in [6, 6.07) is 9.84. The molecule has 0 aliphatic carbocycles. The number of rotatable bonds is 3. The van der Waals surface area contributed by atoms with Crippen LogP contribution in [0.2, 0.25) is 0 Å². The smallest absolute Gasteiger partial charge is 0.263 e. The van der Waals surface area contributed by atoms with Gasteiger partial charge in [-0.25, -0.2) is 4.98 Å². The van der Waals surface area contributed by atoms with E-state index in [1.807, 2.05) is 58.0 Å². The van der Waals surface area contributed by atoms with Crippen LogP contribution < -0.4 is 5.56 Å². The van der Waals surface area contributed by atoms with E-state index in [1.54, 1.807) is 0 Å². The van der Waals surface area contributed by atoms with Crippen LogP contribution in [0.15, 0.2) is 41.5 Å². The Kier molecular flexibility index (Phi) is 4.13. The Balaban J connectivity index is 2.19. The molecule has 0 spiro atoms. The number of carbonyl (C=O) groups excluding carboxylic acids is 1. The first-order valence-electron chi connectivity index (χ1n) is 7.86. The number of aryl methyl sites for hydroxylation is 1. The van der Waals surface area contributed by atoms with Crippen molar-refractivity contribution in [1.82, 2.24) is 9.55 Å². The molecule has 2 heterocycles. The molecule has 1 aromatic carbocycles. The zero-order chi connectivity index (χ0) is 17.5. The molecule has 0 amide bonds. The van der Waals surface area contributed by atoms with Crippen molar-refractivity contribution in [2.24, 2.45) is 5.41 Å². The van der Waals surface area contributed by atoms with E-state index in [1.165, 1.54) is 22.2 Å². The van der Waals surface area contributed by atoms with Crippen molar-refractivity contribution in [2.45, 2.75) is 34.2 Å². The van der Waals surface area contributed by atoms with Gasteiger partial charge >= 0.3 is 0 Å². The number of fused-ring (bicyclic) bond motifs is 1. The Bertz CT molecular complexity index is 963. The highest BCUT2D eigenvalue weighted by molar-refractivity contribution is 7.19. The molecular formula is C19H20N2O2S. The van der Waals surface area contributed by atoms with Gasteiger partial charge in [0.25, 0.3) is 5.56 Å². The van der Waals surface area contributed by atoms with E-state index in [4.69, 9.17) is 0 Å². The van der Waals surface area contributed by atoms with Crippen molar-refractivity contribution < 1.29 is 4.79 Å². The number of Topliss-reactive ketones (excluding diaryl/α,β-unsaturated/α-hetero) is 1. The summed E-state index contributed by atoms with van der Waals surface area (Å²) in [6.45, 7) is 7.62. The fourth-order valence-corrected chi connectivity index (χ4v) is 3.60. The summed E-state index contributed by atoms with van der Waals surface area (Å²) < 4.78 is 1.43. The standard InChI is InChI=1S/C19H20N2O2S/c1-12-15(13-8-6-5-7-9-13)16-17(24-12)20-11-21(18(16)23)10-14(22)19(2,3)4/h5-9,11H,10H2,1-4H3. The second kappa shape index (κ2) is 5.98. The first kappa shape index (κ1) is 16.6. The van der Waals surface area contributed by atoms with Gasteiger partial charge in [0, 0.05) is 15.9 Å². The lowest BCUT2D eigenvalue weighted by molar-refractivity contribution is -0.126. The molecule has 0 fully saturated rings. The molecule has 0 bridgehead atoms. The molecule has 124 valence electrons. The quantitative estimate of drug-likeness (QED) is 0.723. The van der Waals surface area contributed by atoms with Crippen molar-refractivity contribution >= 4 is 27.3 Å². The fraction of sp³-hybridized carbons (Fsp3) is 0.316. The number of nitrogens with zero attached hydrogens (tertiary/aromatic N) is 2. The monoisotopic (exact) mass is 340 g/mol. The molecule has 2 aromatic heterocycles. The molecule has 4 nitrogen and oxygen atoms in total. The number of aromatic nitrogens is 2. The molecular weight excluding hydrogens is 320 g/mol. The maximum absolute atomic E-state index is 13.0. The van der Waals surface area contributed by atoms with E-state index in [0.717, 1.165) is 20.8 Å². The van der Waals surface area contributed by atoms with Gasteiger partial charge in [-0.3, -0.25) is 14.2 Å². The zero-order valence-electron chi connectivity index (χ0n) is 14.3. The van der Waals surface area contributed by atoms with Gasteiger partial charge in [-0.15, -0.1) is 11.3 Å². The van der Waals surface area contributed by atoms with E-state index < -0.39 is 5.41 Å². The minimum Gasteiger partial charge on any atom is -0.297 e. The van der Waals surface area contributed by atoms with Gasteiger partial charge in [-0.05, 0) is 12.5 Å². The van der Waals surface area contributed by atoms with Crippen LogP contribution in [0.4, 0.5) is 0 Å². The molecule has 0 atom stereocenters. The molecule has 0 aliphatic rings. The second-order valence-corrected chi connectivity index (χ2v) is 8.13. The number of hydrogen-bond donors (Lipinski definition) is 0. The summed E-state index contributed by atoms with van der Waals surface area (Å²) in [5.74, 6) is 0.0129. The summed E-state index contributed by atoms with van der Waals surface area (Å²) in [5, 5.41) is 0.605. The molecule has 3 rings (SSSR count). The summed E-state index contributed by atoms with van der Waals surface area (Å²) in [4.78, 5) is 31.5. The number of ketones is 1. The summed E-state index contributed by atoms with van der Waals surface area (Å²) in [7, 11) is 0. The highest BCUT2D eigenvalue weighted by Crippen LogP contribution is 2.35. The first-order valence-corrected chi connectivity index (χ1v) is 8.68. The average Bonchev–Trinajstić information content (AvgIpc) is 2.87. The number of benzene rings is 1. The lowest BCUT2D eigenvalue weighted by Gasteiger charge is -2.17. The van der Waals surface area contributed by atoms with Crippen LogP contribution in [-0.2, 0) is 11.3 Å². The predicted octanol–water partition coefficient (Wildman–Crippen LogP) is 4.05. The van der Waals surface area contributed by atoms with Gasteiger partial charge in [0.05, 0.1) is 18.3 Å². The van der Waals surface area contributed by atoms with Gasteiger partial charge < -0.3 is 0 Å². The maximum atomic E-state index is 13.0. The van der Waals surface area contributed by atoms with E-state index in [0.29, 0.717) is 5.39 Å². The number of hydrogen-bond acceptors (Lipinski definition) is 4. The lowest BCUT2D eigenvalue weighted by Crippen LogP contribution is -2.30. The minimum absolute atomic E-state index is 0.0129. The van der Waals surface area contributed by atoms with Crippen LogP contribution in [0.25, 0.3) is 21.3 Å². The Morgan fingerprint density at radius 2 is 1.88 bits per heavy atom. The summed E-state index contributed by atoms with van der Waals surface area (Å²) in [5.41, 5.74) is 1.29. The van der Waals surface area contributed by atoms with Gasteiger partial charge in [0.2, 0.25) is 0 Å². The normalized spacial score (nSPS) is 11.8. The summed E-state index contributed by atoms with van der Waals surface area (Å²) >= 11 is 1.51. The third kappa shape index (κ3) is 2.91. The third-order valence-corrected chi connectivity index (χ3v) is 5.08. The van der Waals surface area contributed by atoms with Crippen LogP contribution in [0, 0.1) is 12.3 Å². The Morgan fingerprint density at radius 3 is 2.50 bits per heavy atom. The summed E-state index contributed by atoms with van der Waals surface area (Å²) in [6.07, 6.45) is 1.49. The van der Waals surface area contributed by atoms with Crippen molar-refractivity contribution in [3.8, 4) is 11.1 Å². The van der Waals surface area contributed by atoms with Crippen LogP contribution in [-0.4, -0.2) is 15.3 Å². The van der Waals surface area contributed by atoms with E-state index in [-0.39, 0.29) is 17.9 Å². The molecule has 24 heavy (non-hydrogen) atoms. The van der Waals surface area contributed by atoms with Crippen LogP contribution in [0.3, 0.4) is 0 Å². The molecule has 0 saturated carbocycles. The molecule has 5 heteroatoms. The van der Waals surface area contributed by atoms with Gasteiger partial charge in [0.1, 0.15) is 4.83 Å².